The maximum Gasteiger partial charge on any atom is 0.269 e. The predicted molar refractivity (Wildman–Crippen MR) is 174 cm³/mol. The highest BCUT2D eigenvalue weighted by atomic mass is 32.2. The van der Waals surface area contributed by atoms with E-state index in [1.54, 1.807) is 24.5 Å². The van der Waals surface area contributed by atoms with Gasteiger partial charge in [-0.15, -0.1) is 0 Å². The minimum Gasteiger partial charge on any atom is -0.361 e. The number of rotatable bonds is 7. The largest absolute Gasteiger partial charge is 0.361 e. The number of aryl methyl sites for hydroxylation is 1. The second kappa shape index (κ2) is 11.1. The molecule has 0 bridgehead atoms. The molecule has 43 heavy (non-hydrogen) atoms. The first-order valence-electron chi connectivity index (χ1n) is 14.8. The van der Waals surface area contributed by atoms with Gasteiger partial charge in [0.25, 0.3) is 10.0 Å². The standard InChI is InChI=1S/C35H35N5O2S/c1-3-38-16-18-39(19-17-38)23-26-6-8-27(9-7-26)30-21-32-33(28-10-13-34-29(20-28)14-15-36-34)24-40(35(32)37-22-30)43(41,42)31-11-4-25(2)5-12-31/h4-15,20-22,24,36H,3,16-19,23H2,1-2H3. The van der Waals surface area contributed by atoms with E-state index >= 15 is 0 Å². The Morgan fingerprint density at radius 2 is 1.53 bits per heavy atom. The van der Waals surface area contributed by atoms with Crippen LogP contribution in [0.15, 0.2) is 102 Å². The van der Waals surface area contributed by atoms with Crippen molar-refractivity contribution in [3.05, 3.63) is 109 Å². The van der Waals surface area contributed by atoms with Crippen LogP contribution in [-0.4, -0.2) is 64.9 Å². The summed E-state index contributed by atoms with van der Waals surface area (Å²) in [5.41, 5.74) is 7.50. The minimum absolute atomic E-state index is 0.236. The molecule has 0 aliphatic carbocycles. The molecule has 4 heterocycles. The predicted octanol–water partition coefficient (Wildman–Crippen LogP) is 6.53. The van der Waals surface area contributed by atoms with Crippen LogP contribution in [-0.2, 0) is 16.6 Å². The highest BCUT2D eigenvalue weighted by Crippen LogP contribution is 2.36. The second-order valence-electron chi connectivity index (χ2n) is 11.4. The summed E-state index contributed by atoms with van der Waals surface area (Å²) in [7, 11) is -3.86. The average molecular weight is 590 g/mol. The zero-order valence-corrected chi connectivity index (χ0v) is 25.3. The van der Waals surface area contributed by atoms with Crippen molar-refractivity contribution in [2.24, 2.45) is 0 Å². The zero-order chi connectivity index (χ0) is 29.6. The quantitative estimate of drug-likeness (QED) is 0.229. The van der Waals surface area contributed by atoms with Gasteiger partial charge in [-0.1, -0.05) is 55.0 Å². The Morgan fingerprint density at radius 3 is 2.28 bits per heavy atom. The summed E-state index contributed by atoms with van der Waals surface area (Å²) in [5, 5.41) is 1.86. The summed E-state index contributed by atoms with van der Waals surface area (Å²) in [4.78, 5) is 13.2. The van der Waals surface area contributed by atoms with Crippen molar-refractivity contribution in [1.29, 1.82) is 0 Å². The van der Waals surface area contributed by atoms with Crippen LogP contribution in [0.3, 0.4) is 0 Å². The number of fused-ring (bicyclic) bond motifs is 2. The Hall–Kier alpha value is -4.24. The van der Waals surface area contributed by atoms with Crippen molar-refractivity contribution in [1.82, 2.24) is 23.7 Å². The minimum atomic E-state index is -3.86. The number of pyridine rings is 1. The normalized spacial score (nSPS) is 15.0. The van der Waals surface area contributed by atoms with Gasteiger partial charge >= 0.3 is 0 Å². The van der Waals surface area contributed by atoms with E-state index in [2.05, 4.69) is 58.1 Å². The summed E-state index contributed by atoms with van der Waals surface area (Å²) < 4.78 is 29.1. The van der Waals surface area contributed by atoms with Crippen LogP contribution >= 0.6 is 0 Å². The topological polar surface area (TPSA) is 74.2 Å². The number of nitrogens with one attached hydrogen (secondary N) is 1. The molecular weight excluding hydrogens is 554 g/mol. The van der Waals surface area contributed by atoms with E-state index in [0.717, 1.165) is 83.4 Å². The average Bonchev–Trinajstić information content (AvgIpc) is 3.66. The molecule has 1 saturated heterocycles. The van der Waals surface area contributed by atoms with E-state index in [-0.39, 0.29) is 4.90 Å². The Bertz CT molecular complexity index is 2020. The van der Waals surface area contributed by atoms with Crippen LogP contribution in [0.1, 0.15) is 18.1 Å². The molecule has 6 aromatic rings. The van der Waals surface area contributed by atoms with Crippen molar-refractivity contribution < 1.29 is 8.42 Å². The van der Waals surface area contributed by atoms with Crippen LogP contribution in [0.5, 0.6) is 0 Å². The Labute approximate surface area is 252 Å². The van der Waals surface area contributed by atoms with Gasteiger partial charge < -0.3 is 9.88 Å². The monoisotopic (exact) mass is 589 g/mol. The first-order chi connectivity index (χ1) is 20.9. The van der Waals surface area contributed by atoms with Crippen LogP contribution in [0.4, 0.5) is 0 Å². The molecule has 7 rings (SSSR count). The SMILES string of the molecule is CCN1CCN(Cc2ccc(-c3cnc4c(c3)c(-c3ccc5[nH]ccc5c3)cn4S(=O)(=O)c3ccc(C)cc3)cc2)CC1. The first-order valence-corrected chi connectivity index (χ1v) is 16.3. The lowest BCUT2D eigenvalue weighted by Gasteiger charge is -2.34. The van der Waals surface area contributed by atoms with Gasteiger partial charge in [-0.05, 0) is 71.9 Å². The Morgan fingerprint density at radius 1 is 0.814 bits per heavy atom. The van der Waals surface area contributed by atoms with Crippen molar-refractivity contribution in [2.75, 3.05) is 32.7 Å². The van der Waals surface area contributed by atoms with Gasteiger partial charge in [0.2, 0.25) is 0 Å². The van der Waals surface area contributed by atoms with Gasteiger partial charge in [0, 0.05) is 73.3 Å². The fourth-order valence-corrected chi connectivity index (χ4v) is 7.34. The second-order valence-corrected chi connectivity index (χ2v) is 13.3. The highest BCUT2D eigenvalue weighted by molar-refractivity contribution is 7.90. The molecule has 0 spiro atoms. The third kappa shape index (κ3) is 5.27. The molecule has 3 aromatic carbocycles. The maximum atomic E-state index is 13.9. The molecule has 8 heteroatoms. The highest BCUT2D eigenvalue weighted by Gasteiger charge is 2.24. The molecule has 3 aromatic heterocycles. The van der Waals surface area contributed by atoms with Gasteiger partial charge in [-0.3, -0.25) is 4.90 Å². The van der Waals surface area contributed by atoms with Crippen molar-refractivity contribution in [3.63, 3.8) is 0 Å². The van der Waals surface area contributed by atoms with Crippen LogP contribution in [0.2, 0.25) is 0 Å². The number of likely N-dealkylation sites (N-methyl/N-ethyl adjacent to an activating group) is 1. The fraction of sp³-hybridized carbons (Fsp3) is 0.229. The summed E-state index contributed by atoms with van der Waals surface area (Å²) in [6.45, 7) is 10.7. The fourth-order valence-electron chi connectivity index (χ4n) is 6.02. The van der Waals surface area contributed by atoms with E-state index in [1.165, 1.54) is 9.54 Å². The molecule has 0 radical (unpaired) electrons. The van der Waals surface area contributed by atoms with E-state index in [1.807, 2.05) is 43.5 Å². The van der Waals surface area contributed by atoms with Crippen molar-refractivity contribution >= 4 is 32.0 Å². The number of benzene rings is 3. The van der Waals surface area contributed by atoms with Crippen LogP contribution in [0, 0.1) is 6.92 Å². The molecular formula is C35H35N5O2S. The summed E-state index contributed by atoms with van der Waals surface area (Å²) >= 11 is 0. The van der Waals surface area contributed by atoms with E-state index < -0.39 is 10.0 Å². The lowest BCUT2D eigenvalue weighted by Crippen LogP contribution is -2.45. The molecule has 0 amide bonds. The third-order valence-corrected chi connectivity index (χ3v) is 10.3. The number of piperazine rings is 1. The van der Waals surface area contributed by atoms with Gasteiger partial charge in [-0.25, -0.2) is 17.4 Å². The molecule has 218 valence electrons. The lowest BCUT2D eigenvalue weighted by molar-refractivity contribution is 0.132. The Kier molecular flexibility index (Phi) is 7.13. The van der Waals surface area contributed by atoms with E-state index in [4.69, 9.17) is 4.98 Å². The lowest BCUT2D eigenvalue weighted by atomic mass is 10.0. The molecule has 1 N–H and O–H groups in total. The number of aromatic nitrogens is 3. The van der Waals surface area contributed by atoms with Crippen LogP contribution < -0.4 is 0 Å². The van der Waals surface area contributed by atoms with Crippen molar-refractivity contribution in [2.45, 2.75) is 25.3 Å². The van der Waals surface area contributed by atoms with Gasteiger partial charge in [0.05, 0.1) is 4.90 Å². The summed E-state index contributed by atoms with van der Waals surface area (Å²) in [6, 6.07) is 25.9. The maximum absolute atomic E-state index is 13.9. The van der Waals surface area contributed by atoms with Gasteiger partial charge in [-0.2, -0.15) is 0 Å². The number of nitrogens with zero attached hydrogens (tertiary/aromatic N) is 4. The molecule has 0 unspecified atom stereocenters. The van der Waals surface area contributed by atoms with Gasteiger partial charge in [0.1, 0.15) is 0 Å². The number of hydrogen-bond acceptors (Lipinski definition) is 5. The zero-order valence-electron chi connectivity index (χ0n) is 24.5. The number of hydrogen-bond donors (Lipinski definition) is 1. The molecule has 1 fully saturated rings. The number of aromatic amines is 1. The van der Waals surface area contributed by atoms with Gasteiger partial charge in [0.15, 0.2) is 5.65 Å². The van der Waals surface area contributed by atoms with E-state index in [0.29, 0.717) is 5.65 Å². The Balaban J connectivity index is 1.27. The summed E-state index contributed by atoms with van der Waals surface area (Å²) in [5.74, 6) is 0. The third-order valence-electron chi connectivity index (χ3n) is 8.66. The first kappa shape index (κ1) is 27.6. The van der Waals surface area contributed by atoms with Crippen LogP contribution in [0.25, 0.3) is 44.2 Å². The van der Waals surface area contributed by atoms with Crippen molar-refractivity contribution in [3.8, 4) is 22.3 Å². The molecule has 1 aliphatic heterocycles. The summed E-state index contributed by atoms with van der Waals surface area (Å²) in [6.07, 6.45) is 5.40. The molecule has 0 atom stereocenters. The molecule has 7 nitrogen and oxygen atoms in total. The number of H-pyrrole nitrogens is 1. The molecule has 1 aliphatic rings. The molecule has 0 saturated carbocycles. The van der Waals surface area contributed by atoms with E-state index in [9.17, 15) is 8.42 Å². The smallest absolute Gasteiger partial charge is 0.269 e.